The van der Waals surface area contributed by atoms with Crippen molar-refractivity contribution in [1.82, 2.24) is 4.98 Å². The van der Waals surface area contributed by atoms with Crippen LogP contribution in [0.4, 0.5) is 4.39 Å². The predicted octanol–water partition coefficient (Wildman–Crippen LogP) is 4.69. The summed E-state index contributed by atoms with van der Waals surface area (Å²) in [6.07, 6.45) is 1.65. The molecule has 1 heterocycles. The third kappa shape index (κ3) is 4.34. The first-order chi connectivity index (χ1) is 9.19. The van der Waals surface area contributed by atoms with E-state index in [1.54, 1.807) is 17.4 Å². The number of halogens is 3. The zero-order chi connectivity index (χ0) is 13.7. The van der Waals surface area contributed by atoms with Gasteiger partial charge in [0.05, 0.1) is 28.2 Å². The number of nitrogens with zero attached hydrogens (tertiary/aromatic N) is 1. The van der Waals surface area contributed by atoms with Gasteiger partial charge in [0.15, 0.2) is 0 Å². The van der Waals surface area contributed by atoms with Gasteiger partial charge in [0, 0.05) is 17.9 Å². The Bertz CT molecular complexity index is 547. The third-order valence-electron chi connectivity index (χ3n) is 2.43. The molecular formula is C13H12Cl2FNOS. The van der Waals surface area contributed by atoms with Gasteiger partial charge >= 0.3 is 0 Å². The fourth-order valence-corrected chi connectivity index (χ4v) is 2.69. The fraction of sp³-hybridized carbons (Fsp3) is 0.308. The molecule has 0 radical (unpaired) electrons. The van der Waals surface area contributed by atoms with Crippen molar-refractivity contribution in [2.24, 2.45) is 0 Å². The number of hydrogen-bond donors (Lipinski definition) is 0. The van der Waals surface area contributed by atoms with E-state index in [9.17, 15) is 4.39 Å². The lowest BCUT2D eigenvalue weighted by molar-refractivity contribution is 0.309. The topological polar surface area (TPSA) is 22.1 Å². The Morgan fingerprint density at radius 1 is 1.37 bits per heavy atom. The fourth-order valence-electron chi connectivity index (χ4n) is 1.51. The Labute approximate surface area is 125 Å². The second-order valence-corrected chi connectivity index (χ2v) is 5.51. The highest BCUT2D eigenvalue weighted by molar-refractivity contribution is 7.09. The van der Waals surface area contributed by atoms with E-state index in [-0.39, 0.29) is 5.02 Å². The molecule has 0 fully saturated rings. The molecule has 0 saturated carbocycles. The summed E-state index contributed by atoms with van der Waals surface area (Å²) >= 11 is 12.9. The molecule has 1 aromatic carbocycles. The normalized spacial score (nSPS) is 10.7. The van der Waals surface area contributed by atoms with Crippen LogP contribution in [-0.4, -0.2) is 11.6 Å². The Kier molecular flexibility index (Phi) is 5.43. The standard InChI is InChI=1S/C13H12Cl2FNOS/c14-7-9-8-19-13(17-9)2-1-5-18-10-3-4-11(15)12(16)6-10/h3-4,6,8H,1-2,5,7H2. The quantitative estimate of drug-likeness (QED) is 0.569. The molecule has 0 aliphatic rings. The average molecular weight is 320 g/mol. The molecule has 0 unspecified atom stereocenters. The molecule has 2 nitrogen and oxygen atoms in total. The summed E-state index contributed by atoms with van der Waals surface area (Å²) in [7, 11) is 0. The van der Waals surface area contributed by atoms with Crippen LogP contribution in [0, 0.1) is 5.82 Å². The number of benzene rings is 1. The number of aromatic nitrogens is 1. The highest BCUT2D eigenvalue weighted by Gasteiger charge is 2.03. The maximum atomic E-state index is 13.2. The SMILES string of the molecule is Fc1cc(OCCCc2nc(CCl)cs2)ccc1Cl. The van der Waals surface area contributed by atoms with E-state index < -0.39 is 5.82 Å². The van der Waals surface area contributed by atoms with Crippen LogP contribution in [0.1, 0.15) is 17.1 Å². The second-order valence-electron chi connectivity index (χ2n) is 3.89. The van der Waals surface area contributed by atoms with Gasteiger partial charge in [0.25, 0.3) is 0 Å². The van der Waals surface area contributed by atoms with E-state index in [0.29, 0.717) is 18.2 Å². The number of thiazole rings is 1. The molecule has 0 aliphatic heterocycles. The summed E-state index contributed by atoms with van der Waals surface area (Å²) in [5.74, 6) is 0.463. The third-order valence-corrected chi connectivity index (χ3v) is 3.97. The van der Waals surface area contributed by atoms with Crippen LogP contribution >= 0.6 is 34.5 Å². The lowest BCUT2D eigenvalue weighted by atomic mass is 10.3. The van der Waals surface area contributed by atoms with E-state index in [0.717, 1.165) is 23.5 Å². The van der Waals surface area contributed by atoms with Crippen LogP contribution in [0.25, 0.3) is 0 Å². The van der Waals surface area contributed by atoms with Crippen LogP contribution in [0.5, 0.6) is 5.75 Å². The van der Waals surface area contributed by atoms with Gasteiger partial charge in [-0.05, 0) is 18.6 Å². The first-order valence-electron chi connectivity index (χ1n) is 5.76. The molecule has 19 heavy (non-hydrogen) atoms. The summed E-state index contributed by atoms with van der Waals surface area (Å²) in [6.45, 7) is 0.511. The van der Waals surface area contributed by atoms with E-state index in [1.165, 1.54) is 12.1 Å². The van der Waals surface area contributed by atoms with Crippen LogP contribution in [0.15, 0.2) is 23.6 Å². The van der Waals surface area contributed by atoms with Crippen molar-refractivity contribution in [1.29, 1.82) is 0 Å². The highest BCUT2D eigenvalue weighted by Crippen LogP contribution is 2.20. The molecule has 0 N–H and O–H groups in total. The first kappa shape index (κ1) is 14.6. The number of rotatable bonds is 6. The molecule has 0 atom stereocenters. The van der Waals surface area contributed by atoms with Crippen molar-refractivity contribution < 1.29 is 9.13 Å². The van der Waals surface area contributed by atoms with Gasteiger partial charge < -0.3 is 4.74 Å². The molecule has 102 valence electrons. The lowest BCUT2D eigenvalue weighted by Crippen LogP contribution is -1.99. The van der Waals surface area contributed by atoms with Gasteiger partial charge in [0.1, 0.15) is 11.6 Å². The summed E-state index contributed by atoms with van der Waals surface area (Å²) in [4.78, 5) is 4.35. The van der Waals surface area contributed by atoms with Crippen molar-refractivity contribution in [2.45, 2.75) is 18.7 Å². The van der Waals surface area contributed by atoms with E-state index in [4.69, 9.17) is 27.9 Å². The maximum absolute atomic E-state index is 13.2. The molecule has 0 amide bonds. The van der Waals surface area contributed by atoms with Crippen molar-refractivity contribution in [2.75, 3.05) is 6.61 Å². The molecule has 0 aliphatic carbocycles. The van der Waals surface area contributed by atoms with Crippen LogP contribution < -0.4 is 4.74 Å². The number of hydrogen-bond acceptors (Lipinski definition) is 3. The van der Waals surface area contributed by atoms with Gasteiger partial charge in [-0.2, -0.15) is 0 Å². The van der Waals surface area contributed by atoms with Gasteiger partial charge in [0.2, 0.25) is 0 Å². The molecule has 0 spiro atoms. The zero-order valence-corrected chi connectivity index (χ0v) is 12.4. The largest absolute Gasteiger partial charge is 0.493 e. The molecular weight excluding hydrogens is 308 g/mol. The number of ether oxygens (including phenoxy) is 1. The maximum Gasteiger partial charge on any atom is 0.145 e. The van der Waals surface area contributed by atoms with Crippen LogP contribution in [0.3, 0.4) is 0 Å². The van der Waals surface area contributed by atoms with Gasteiger partial charge in [-0.15, -0.1) is 22.9 Å². The Hall–Kier alpha value is -0.840. The number of alkyl halides is 1. The summed E-state index contributed by atoms with van der Waals surface area (Å²) in [6, 6.07) is 4.43. The van der Waals surface area contributed by atoms with Crippen molar-refractivity contribution >= 4 is 34.5 Å². The molecule has 6 heteroatoms. The molecule has 2 rings (SSSR count). The van der Waals surface area contributed by atoms with E-state index in [1.807, 2.05) is 5.38 Å². The Balaban J connectivity index is 1.75. The predicted molar refractivity (Wildman–Crippen MR) is 76.9 cm³/mol. The van der Waals surface area contributed by atoms with Crippen LogP contribution in [0.2, 0.25) is 5.02 Å². The average Bonchev–Trinajstić information content (AvgIpc) is 2.87. The first-order valence-corrected chi connectivity index (χ1v) is 7.55. The summed E-state index contributed by atoms with van der Waals surface area (Å²) in [5, 5.41) is 3.10. The lowest BCUT2D eigenvalue weighted by Gasteiger charge is -2.05. The molecule has 0 bridgehead atoms. The van der Waals surface area contributed by atoms with Gasteiger partial charge in [-0.3, -0.25) is 0 Å². The van der Waals surface area contributed by atoms with Crippen molar-refractivity contribution in [3.63, 3.8) is 0 Å². The van der Waals surface area contributed by atoms with E-state index >= 15 is 0 Å². The number of aryl methyl sites for hydroxylation is 1. The monoisotopic (exact) mass is 319 g/mol. The zero-order valence-electron chi connectivity index (χ0n) is 10.0. The molecule has 0 saturated heterocycles. The van der Waals surface area contributed by atoms with Crippen molar-refractivity contribution in [3.05, 3.63) is 45.1 Å². The highest BCUT2D eigenvalue weighted by atomic mass is 35.5. The summed E-state index contributed by atoms with van der Waals surface area (Å²) < 4.78 is 18.6. The van der Waals surface area contributed by atoms with Crippen LogP contribution in [-0.2, 0) is 12.3 Å². The summed E-state index contributed by atoms with van der Waals surface area (Å²) in [5.41, 5.74) is 0.905. The van der Waals surface area contributed by atoms with Gasteiger partial charge in [-0.1, -0.05) is 11.6 Å². The smallest absolute Gasteiger partial charge is 0.145 e. The minimum atomic E-state index is -0.467. The second kappa shape index (κ2) is 7.08. The van der Waals surface area contributed by atoms with E-state index in [2.05, 4.69) is 4.98 Å². The minimum Gasteiger partial charge on any atom is -0.493 e. The Morgan fingerprint density at radius 2 is 2.21 bits per heavy atom. The van der Waals surface area contributed by atoms with Gasteiger partial charge in [-0.25, -0.2) is 9.37 Å². The molecule has 1 aromatic heterocycles. The molecule has 2 aromatic rings. The minimum absolute atomic E-state index is 0.101. The van der Waals surface area contributed by atoms with Crippen molar-refractivity contribution in [3.8, 4) is 5.75 Å². The Morgan fingerprint density at radius 3 is 2.89 bits per heavy atom.